The maximum absolute atomic E-state index is 13.5. The highest BCUT2D eigenvalue weighted by Crippen LogP contribution is 2.38. The highest BCUT2D eigenvalue weighted by molar-refractivity contribution is 6.11. The molecule has 0 bridgehead atoms. The largest absolute Gasteiger partial charge is 0.508 e. The number of nitrogens with zero attached hydrogens (tertiary/aromatic N) is 2. The van der Waals surface area contributed by atoms with Gasteiger partial charge in [-0.05, 0) is 31.0 Å². The molecule has 1 atom stereocenters. The van der Waals surface area contributed by atoms with E-state index in [1.54, 1.807) is 17.0 Å². The van der Waals surface area contributed by atoms with Crippen LogP contribution in [0.5, 0.6) is 5.75 Å². The number of carbonyl (C=O) groups excluding carboxylic acids is 2. The van der Waals surface area contributed by atoms with Gasteiger partial charge in [0.05, 0.1) is 23.7 Å². The Morgan fingerprint density at radius 3 is 2.74 bits per heavy atom. The SMILES string of the molecule is C=C(C)C(CCC(N)=O)N1C(=C)c2cccc(CN=C(N)c3coc4cc(O)ccc34)c2C1=O. The summed E-state index contributed by atoms with van der Waals surface area (Å²) in [4.78, 5) is 30.9. The van der Waals surface area contributed by atoms with Crippen molar-refractivity contribution in [3.05, 3.63) is 83.6 Å². The van der Waals surface area contributed by atoms with Crippen LogP contribution in [0.4, 0.5) is 0 Å². The van der Waals surface area contributed by atoms with E-state index in [-0.39, 0.29) is 30.5 Å². The second-order valence-electron chi connectivity index (χ2n) is 8.36. The molecule has 4 rings (SSSR count). The van der Waals surface area contributed by atoms with Gasteiger partial charge in [-0.3, -0.25) is 14.6 Å². The number of aromatic hydroxyl groups is 1. The highest BCUT2D eigenvalue weighted by atomic mass is 16.3. The number of nitrogens with two attached hydrogens (primary N) is 2. The Morgan fingerprint density at radius 2 is 2.03 bits per heavy atom. The van der Waals surface area contributed by atoms with Crippen molar-refractivity contribution in [2.24, 2.45) is 16.5 Å². The molecule has 8 nitrogen and oxygen atoms in total. The Bertz CT molecular complexity index is 1370. The lowest BCUT2D eigenvalue weighted by molar-refractivity contribution is -0.118. The van der Waals surface area contributed by atoms with Gasteiger partial charge in [-0.1, -0.05) is 36.9 Å². The van der Waals surface area contributed by atoms with E-state index in [1.807, 2.05) is 25.1 Å². The summed E-state index contributed by atoms with van der Waals surface area (Å²) in [6.07, 6.45) is 1.99. The molecule has 3 aromatic rings. The second kappa shape index (κ2) is 8.90. The van der Waals surface area contributed by atoms with E-state index in [0.717, 1.165) is 11.0 Å². The third-order valence-electron chi connectivity index (χ3n) is 5.98. The molecule has 1 aliphatic heterocycles. The molecular weight excluding hydrogens is 432 g/mol. The highest BCUT2D eigenvalue weighted by Gasteiger charge is 2.37. The predicted molar refractivity (Wildman–Crippen MR) is 131 cm³/mol. The van der Waals surface area contributed by atoms with Gasteiger partial charge in [-0.25, -0.2) is 0 Å². The number of hydrogen-bond acceptors (Lipinski definition) is 5. The molecule has 0 saturated carbocycles. The molecule has 1 aromatic heterocycles. The Morgan fingerprint density at radius 1 is 1.26 bits per heavy atom. The average Bonchev–Trinajstić information content (AvgIpc) is 3.31. The summed E-state index contributed by atoms with van der Waals surface area (Å²) in [5.74, 6) is -0.306. The lowest BCUT2D eigenvalue weighted by Crippen LogP contribution is -2.36. The maximum atomic E-state index is 13.5. The van der Waals surface area contributed by atoms with E-state index < -0.39 is 11.9 Å². The van der Waals surface area contributed by atoms with Gasteiger partial charge in [-0.15, -0.1) is 0 Å². The van der Waals surface area contributed by atoms with Crippen LogP contribution >= 0.6 is 0 Å². The predicted octanol–water partition coefficient (Wildman–Crippen LogP) is 3.68. The zero-order valence-corrected chi connectivity index (χ0v) is 18.9. The number of rotatable bonds is 8. The fraction of sp³-hybridized carbons (Fsp3) is 0.192. The zero-order chi connectivity index (χ0) is 24.6. The third-order valence-corrected chi connectivity index (χ3v) is 5.98. The van der Waals surface area contributed by atoms with Crippen LogP contribution in [0.3, 0.4) is 0 Å². The van der Waals surface area contributed by atoms with Gasteiger partial charge in [0.15, 0.2) is 0 Å². The van der Waals surface area contributed by atoms with Crippen LogP contribution in [0.1, 0.15) is 46.8 Å². The molecule has 2 amide bonds. The molecule has 0 aliphatic carbocycles. The van der Waals surface area contributed by atoms with Gasteiger partial charge in [-0.2, -0.15) is 0 Å². The number of hydrogen-bond donors (Lipinski definition) is 3. The molecule has 34 heavy (non-hydrogen) atoms. The van der Waals surface area contributed by atoms with Crippen LogP contribution in [0, 0.1) is 0 Å². The first-order valence-electron chi connectivity index (χ1n) is 10.8. The normalized spacial score (nSPS) is 14.5. The average molecular weight is 459 g/mol. The molecule has 1 aliphatic rings. The maximum Gasteiger partial charge on any atom is 0.259 e. The summed E-state index contributed by atoms with van der Waals surface area (Å²) in [5, 5.41) is 10.4. The first-order valence-corrected chi connectivity index (χ1v) is 10.8. The van der Waals surface area contributed by atoms with E-state index in [9.17, 15) is 14.7 Å². The van der Waals surface area contributed by atoms with Crippen LogP contribution < -0.4 is 11.5 Å². The molecule has 174 valence electrons. The molecule has 2 heterocycles. The number of carbonyl (C=O) groups is 2. The molecule has 0 spiro atoms. The topological polar surface area (TPSA) is 135 Å². The Labute approximate surface area is 196 Å². The minimum Gasteiger partial charge on any atom is -0.508 e. The number of amides is 2. The van der Waals surface area contributed by atoms with E-state index >= 15 is 0 Å². The lowest BCUT2D eigenvalue weighted by Gasteiger charge is -2.29. The van der Waals surface area contributed by atoms with Crippen molar-refractivity contribution in [1.29, 1.82) is 0 Å². The molecule has 1 unspecified atom stereocenters. The number of benzene rings is 2. The molecule has 5 N–H and O–H groups in total. The summed E-state index contributed by atoms with van der Waals surface area (Å²) < 4.78 is 5.48. The summed E-state index contributed by atoms with van der Waals surface area (Å²) in [5.41, 5.74) is 15.9. The van der Waals surface area contributed by atoms with Gasteiger partial charge in [0.1, 0.15) is 23.4 Å². The molecule has 0 fully saturated rings. The Hall–Kier alpha value is -4.33. The molecule has 2 aromatic carbocycles. The van der Waals surface area contributed by atoms with Crippen LogP contribution in [-0.4, -0.2) is 33.7 Å². The fourth-order valence-corrected chi connectivity index (χ4v) is 4.27. The van der Waals surface area contributed by atoms with Gasteiger partial charge in [0.25, 0.3) is 5.91 Å². The van der Waals surface area contributed by atoms with Crippen molar-refractivity contribution in [2.45, 2.75) is 32.4 Å². The monoisotopic (exact) mass is 458 g/mol. The molecular formula is C26H26N4O4. The number of phenols is 1. The fourth-order valence-electron chi connectivity index (χ4n) is 4.27. The number of aliphatic imine (C=N–C) groups is 1. The zero-order valence-electron chi connectivity index (χ0n) is 18.9. The quantitative estimate of drug-likeness (QED) is 0.269. The smallest absolute Gasteiger partial charge is 0.259 e. The standard InChI is InChI=1S/C26H26N4O4/c1-14(2)21(9-10-23(27)32)30-15(3)18-6-4-5-16(24(18)26(30)33)12-29-25(28)20-13-34-22-11-17(31)7-8-19(20)22/h4-8,11,13,21,31H,1,3,9-10,12H2,2H3,(H2,27,32)(H2,28,29). The minimum atomic E-state index is -0.437. The van der Waals surface area contributed by atoms with Gasteiger partial charge >= 0.3 is 0 Å². The van der Waals surface area contributed by atoms with E-state index in [4.69, 9.17) is 15.9 Å². The van der Waals surface area contributed by atoms with Crippen molar-refractivity contribution >= 4 is 34.3 Å². The van der Waals surface area contributed by atoms with E-state index in [2.05, 4.69) is 18.2 Å². The summed E-state index contributed by atoms with van der Waals surface area (Å²) in [6, 6.07) is 9.88. The van der Waals surface area contributed by atoms with Crippen molar-refractivity contribution in [3.63, 3.8) is 0 Å². The molecule has 8 heteroatoms. The summed E-state index contributed by atoms with van der Waals surface area (Å²) in [7, 11) is 0. The number of fused-ring (bicyclic) bond motifs is 2. The van der Waals surface area contributed by atoms with Crippen molar-refractivity contribution < 1.29 is 19.1 Å². The van der Waals surface area contributed by atoms with Crippen LogP contribution in [0.2, 0.25) is 0 Å². The van der Waals surface area contributed by atoms with Crippen molar-refractivity contribution in [3.8, 4) is 5.75 Å². The summed E-state index contributed by atoms with van der Waals surface area (Å²) in [6.45, 7) is 10.1. The number of primary amides is 1. The third kappa shape index (κ3) is 4.05. The van der Waals surface area contributed by atoms with Crippen LogP contribution in [-0.2, 0) is 11.3 Å². The lowest BCUT2D eigenvalue weighted by atomic mass is 10.0. The van der Waals surface area contributed by atoms with Crippen LogP contribution in [0.25, 0.3) is 16.7 Å². The van der Waals surface area contributed by atoms with Gasteiger partial charge in [0, 0.05) is 29.1 Å². The van der Waals surface area contributed by atoms with Crippen molar-refractivity contribution in [2.75, 3.05) is 0 Å². The first-order chi connectivity index (χ1) is 16.2. The summed E-state index contributed by atoms with van der Waals surface area (Å²) >= 11 is 0. The first kappa shape index (κ1) is 22.8. The van der Waals surface area contributed by atoms with Gasteiger partial charge in [0.2, 0.25) is 5.91 Å². The Balaban J connectivity index is 1.64. The van der Waals surface area contributed by atoms with Crippen molar-refractivity contribution in [1.82, 2.24) is 4.90 Å². The number of phenolic OH excluding ortho intramolecular Hbond substituents is 1. The number of furan rings is 1. The minimum absolute atomic E-state index is 0.0935. The Kier molecular flexibility index (Phi) is 5.98. The van der Waals surface area contributed by atoms with E-state index in [1.165, 1.54) is 12.3 Å². The molecule has 0 saturated heterocycles. The molecule has 0 radical (unpaired) electrons. The number of amidine groups is 1. The van der Waals surface area contributed by atoms with Crippen LogP contribution in [0.15, 0.2) is 70.8 Å². The van der Waals surface area contributed by atoms with Gasteiger partial charge < -0.3 is 25.9 Å². The second-order valence-corrected chi connectivity index (χ2v) is 8.36. The van der Waals surface area contributed by atoms with E-state index in [0.29, 0.717) is 40.0 Å².